The molecule has 0 radical (unpaired) electrons. The average Bonchev–Trinajstić information content (AvgIpc) is 2.93. The van der Waals surface area contributed by atoms with Gasteiger partial charge in [-0.05, 0) is 55.4 Å². The number of halogens is 2. The highest BCUT2D eigenvalue weighted by Gasteiger charge is 2.31. The largest absolute Gasteiger partial charge is 0.343 e. The normalized spacial score (nSPS) is 20.9. The summed E-state index contributed by atoms with van der Waals surface area (Å²) in [5.74, 6) is -0.0248. The Balaban J connectivity index is 1.53. The van der Waals surface area contributed by atoms with Crippen LogP contribution in [0.4, 0.5) is 4.79 Å². The van der Waals surface area contributed by atoms with Crippen LogP contribution in [0.5, 0.6) is 0 Å². The molecule has 3 rings (SSSR count). The van der Waals surface area contributed by atoms with Crippen molar-refractivity contribution in [3.05, 3.63) is 33.3 Å². The molecule has 2 N–H and O–H groups in total. The molecule has 2 heterocycles. The monoisotopic (exact) mass is 397 g/mol. The van der Waals surface area contributed by atoms with Gasteiger partial charge >= 0.3 is 6.03 Å². The molecule has 0 aromatic heterocycles. The van der Waals surface area contributed by atoms with Gasteiger partial charge < -0.3 is 10.2 Å². The van der Waals surface area contributed by atoms with Gasteiger partial charge in [-0.15, -0.1) is 0 Å². The van der Waals surface area contributed by atoms with Crippen LogP contribution in [0.3, 0.4) is 0 Å². The van der Waals surface area contributed by atoms with E-state index < -0.39 is 12.1 Å². The van der Waals surface area contributed by atoms with E-state index in [-0.39, 0.29) is 18.2 Å². The summed E-state index contributed by atoms with van der Waals surface area (Å²) in [4.78, 5) is 36.8. The Labute approximate surface area is 162 Å². The number of nitrogens with zero attached hydrogens (tertiary/aromatic N) is 1. The van der Waals surface area contributed by atoms with Crippen molar-refractivity contribution in [1.82, 2.24) is 15.5 Å². The molecule has 2 saturated heterocycles. The van der Waals surface area contributed by atoms with Crippen molar-refractivity contribution in [2.24, 2.45) is 0 Å². The fourth-order valence-electron chi connectivity index (χ4n) is 3.62. The van der Waals surface area contributed by atoms with Crippen molar-refractivity contribution >= 4 is 41.0 Å². The molecule has 4 amide bonds. The summed E-state index contributed by atoms with van der Waals surface area (Å²) in [6, 6.07) is 2.61. The molecule has 2 aliphatic heterocycles. The van der Waals surface area contributed by atoms with E-state index in [2.05, 4.69) is 10.6 Å². The zero-order chi connectivity index (χ0) is 18.8. The lowest BCUT2D eigenvalue weighted by Gasteiger charge is -2.33. The van der Waals surface area contributed by atoms with E-state index in [1.165, 1.54) is 0 Å². The van der Waals surface area contributed by atoms with E-state index in [1.54, 1.807) is 6.07 Å². The first-order valence-electron chi connectivity index (χ1n) is 8.70. The number of likely N-dealkylation sites (tertiary alicyclic amines) is 1. The first kappa shape index (κ1) is 19.0. The molecule has 0 saturated carbocycles. The quantitative estimate of drug-likeness (QED) is 0.766. The minimum absolute atomic E-state index is 0.0123. The number of hydrogen-bond acceptors (Lipinski definition) is 3. The second-order valence-corrected chi connectivity index (χ2v) is 7.65. The van der Waals surface area contributed by atoms with Crippen molar-refractivity contribution in [3.8, 4) is 0 Å². The van der Waals surface area contributed by atoms with Gasteiger partial charge in [0.1, 0.15) is 6.04 Å². The number of benzene rings is 1. The molecule has 26 heavy (non-hydrogen) atoms. The van der Waals surface area contributed by atoms with Crippen molar-refractivity contribution < 1.29 is 14.4 Å². The van der Waals surface area contributed by atoms with Crippen LogP contribution in [0.15, 0.2) is 12.1 Å². The molecule has 8 heteroatoms. The lowest BCUT2D eigenvalue weighted by molar-refractivity contribution is -0.132. The number of hydrogen-bond donors (Lipinski definition) is 2. The molecule has 2 aliphatic rings. The van der Waals surface area contributed by atoms with Crippen LogP contribution < -0.4 is 10.6 Å². The van der Waals surface area contributed by atoms with Crippen LogP contribution in [0.1, 0.15) is 42.7 Å². The Morgan fingerprint density at radius 3 is 2.54 bits per heavy atom. The smallest absolute Gasteiger partial charge is 0.322 e. The Bertz CT molecular complexity index is 745. The second kappa shape index (κ2) is 7.84. The van der Waals surface area contributed by atoms with Gasteiger partial charge in [-0.25, -0.2) is 4.79 Å². The Kier molecular flexibility index (Phi) is 5.73. The summed E-state index contributed by atoms with van der Waals surface area (Å²) in [5, 5.41) is 5.98. The first-order chi connectivity index (χ1) is 12.3. The highest BCUT2D eigenvalue weighted by atomic mass is 35.5. The summed E-state index contributed by atoms with van der Waals surface area (Å²) in [5.41, 5.74) is 2.20. The minimum Gasteiger partial charge on any atom is -0.343 e. The van der Waals surface area contributed by atoms with Gasteiger partial charge in [0, 0.05) is 29.6 Å². The summed E-state index contributed by atoms with van der Waals surface area (Å²) >= 11 is 12.4. The number of amides is 4. The standard InChI is InChI=1S/C18H21Cl2N3O3/c1-10-13(8-12(19)9-14(10)20)11-4-6-23(7-5-11)16(24)3-2-15-17(25)22-18(26)21-15/h8-9,11,15H,2-7H2,1H3,(H2,21,22,25,26). The number of rotatable bonds is 4. The van der Waals surface area contributed by atoms with E-state index >= 15 is 0 Å². The third kappa shape index (κ3) is 4.13. The summed E-state index contributed by atoms with van der Waals surface area (Å²) in [6.07, 6.45) is 2.26. The maximum absolute atomic E-state index is 12.4. The topological polar surface area (TPSA) is 78.5 Å². The SMILES string of the molecule is Cc1c(Cl)cc(Cl)cc1C1CCN(C(=O)CCC2NC(=O)NC2=O)CC1. The van der Waals surface area contributed by atoms with Crippen LogP contribution >= 0.6 is 23.2 Å². The van der Waals surface area contributed by atoms with Gasteiger partial charge in [0.05, 0.1) is 0 Å². The third-order valence-corrected chi connectivity index (χ3v) is 5.75. The molecular formula is C18H21Cl2N3O3. The molecular weight excluding hydrogens is 377 g/mol. The minimum atomic E-state index is -0.611. The number of imide groups is 1. The molecule has 0 spiro atoms. The van der Waals surface area contributed by atoms with Crippen molar-refractivity contribution in [2.75, 3.05) is 13.1 Å². The van der Waals surface area contributed by atoms with Gasteiger partial charge in [0.25, 0.3) is 5.91 Å². The second-order valence-electron chi connectivity index (χ2n) is 6.81. The molecule has 0 aliphatic carbocycles. The Hall–Kier alpha value is -1.79. The van der Waals surface area contributed by atoms with Crippen molar-refractivity contribution in [2.45, 2.75) is 44.6 Å². The lowest BCUT2D eigenvalue weighted by Crippen LogP contribution is -2.39. The molecule has 1 aromatic rings. The zero-order valence-electron chi connectivity index (χ0n) is 14.5. The number of carbonyl (C=O) groups is 3. The van der Waals surface area contributed by atoms with Gasteiger partial charge in [-0.3, -0.25) is 14.9 Å². The van der Waals surface area contributed by atoms with Crippen molar-refractivity contribution in [3.63, 3.8) is 0 Å². The summed E-state index contributed by atoms with van der Waals surface area (Å²) < 4.78 is 0. The maximum Gasteiger partial charge on any atom is 0.322 e. The Morgan fingerprint density at radius 1 is 1.23 bits per heavy atom. The number of nitrogens with one attached hydrogen (secondary N) is 2. The maximum atomic E-state index is 12.4. The molecule has 140 valence electrons. The summed E-state index contributed by atoms with van der Waals surface area (Å²) in [6.45, 7) is 3.32. The van der Waals surface area contributed by atoms with Crippen LogP contribution in [0.2, 0.25) is 10.0 Å². The van der Waals surface area contributed by atoms with Crippen LogP contribution in [0.25, 0.3) is 0 Å². The highest BCUT2D eigenvalue weighted by Crippen LogP contribution is 2.35. The molecule has 1 atom stereocenters. The van der Waals surface area contributed by atoms with Gasteiger partial charge in [0.2, 0.25) is 5.91 Å². The van der Waals surface area contributed by atoms with Crippen LogP contribution in [0, 0.1) is 6.92 Å². The molecule has 1 unspecified atom stereocenters. The number of urea groups is 1. The van der Waals surface area contributed by atoms with E-state index in [1.807, 2.05) is 17.9 Å². The fourth-order valence-corrected chi connectivity index (χ4v) is 4.13. The zero-order valence-corrected chi connectivity index (χ0v) is 16.0. The van der Waals surface area contributed by atoms with Crippen LogP contribution in [-0.2, 0) is 9.59 Å². The lowest BCUT2D eigenvalue weighted by atomic mass is 9.86. The third-order valence-electron chi connectivity index (χ3n) is 5.14. The molecule has 6 nitrogen and oxygen atoms in total. The van der Waals surface area contributed by atoms with E-state index in [4.69, 9.17) is 23.2 Å². The van der Waals surface area contributed by atoms with Crippen molar-refractivity contribution in [1.29, 1.82) is 0 Å². The molecule has 2 fully saturated rings. The predicted octanol–water partition coefficient (Wildman–Crippen LogP) is 3.00. The highest BCUT2D eigenvalue weighted by molar-refractivity contribution is 6.35. The van der Waals surface area contributed by atoms with Gasteiger partial charge in [0.15, 0.2) is 0 Å². The average molecular weight is 398 g/mol. The molecule has 1 aromatic carbocycles. The van der Waals surface area contributed by atoms with Gasteiger partial charge in [-0.2, -0.15) is 0 Å². The van der Waals surface area contributed by atoms with E-state index in [9.17, 15) is 14.4 Å². The first-order valence-corrected chi connectivity index (χ1v) is 9.45. The summed E-state index contributed by atoms with van der Waals surface area (Å²) in [7, 11) is 0. The number of piperidine rings is 1. The predicted molar refractivity (Wildman–Crippen MR) is 99.5 cm³/mol. The number of carbonyl (C=O) groups excluding carboxylic acids is 3. The Morgan fingerprint density at radius 2 is 1.92 bits per heavy atom. The van der Waals surface area contributed by atoms with Gasteiger partial charge in [-0.1, -0.05) is 23.2 Å². The fraction of sp³-hybridized carbons (Fsp3) is 0.500. The molecule has 0 bridgehead atoms. The van der Waals surface area contributed by atoms with E-state index in [0.29, 0.717) is 35.5 Å². The van der Waals surface area contributed by atoms with E-state index in [0.717, 1.165) is 24.0 Å². The van der Waals surface area contributed by atoms with Crippen LogP contribution in [-0.4, -0.2) is 41.9 Å².